The van der Waals surface area contributed by atoms with Crippen molar-refractivity contribution in [2.75, 3.05) is 7.11 Å². The van der Waals surface area contributed by atoms with Crippen LogP contribution >= 0.6 is 0 Å². The first kappa shape index (κ1) is 20.9. The first-order valence-corrected chi connectivity index (χ1v) is 9.50. The minimum atomic E-state index is -0.575. The van der Waals surface area contributed by atoms with Gasteiger partial charge in [-0.25, -0.2) is 5.43 Å². The summed E-state index contributed by atoms with van der Waals surface area (Å²) in [7, 11) is 1.56. The van der Waals surface area contributed by atoms with E-state index >= 15 is 0 Å². The summed E-state index contributed by atoms with van der Waals surface area (Å²) >= 11 is 0. The first-order valence-electron chi connectivity index (χ1n) is 9.50. The van der Waals surface area contributed by atoms with E-state index in [1.54, 1.807) is 37.6 Å². The Kier molecular flexibility index (Phi) is 7.00. The highest BCUT2D eigenvalue weighted by Crippen LogP contribution is 2.30. The summed E-state index contributed by atoms with van der Waals surface area (Å²) in [4.78, 5) is 24.6. The van der Waals surface area contributed by atoms with Crippen molar-refractivity contribution in [1.29, 1.82) is 0 Å². The van der Waals surface area contributed by atoms with E-state index in [9.17, 15) is 9.59 Å². The number of pyridine rings is 1. The van der Waals surface area contributed by atoms with Gasteiger partial charge in [0.1, 0.15) is 12.2 Å². The molecule has 0 radical (unpaired) electrons. The first-order chi connectivity index (χ1) is 14.6. The highest BCUT2D eigenvalue weighted by atomic mass is 16.5. The molecule has 0 aliphatic carbocycles. The molecule has 1 heterocycles. The summed E-state index contributed by atoms with van der Waals surface area (Å²) in [6, 6.07) is 18.3. The van der Waals surface area contributed by atoms with Gasteiger partial charge in [0.15, 0.2) is 11.5 Å². The minimum absolute atomic E-state index is 0.0303. The number of hydrogen-bond donors (Lipinski definition) is 1. The quantitative estimate of drug-likeness (QED) is 0.461. The Hall–Kier alpha value is -3.87. The molecule has 3 rings (SSSR count). The number of methoxy groups -OCH3 is 1. The Morgan fingerprint density at radius 3 is 2.63 bits per heavy atom. The van der Waals surface area contributed by atoms with E-state index in [-0.39, 0.29) is 11.1 Å². The van der Waals surface area contributed by atoms with Gasteiger partial charge in [-0.1, -0.05) is 36.4 Å². The number of aromatic nitrogens is 1. The van der Waals surface area contributed by atoms with Crippen LogP contribution in [0.15, 0.2) is 76.8 Å². The van der Waals surface area contributed by atoms with E-state index in [4.69, 9.17) is 9.47 Å². The lowest BCUT2D eigenvalue weighted by molar-refractivity contribution is 0.0953. The number of nitrogens with zero attached hydrogens (tertiary/aromatic N) is 2. The van der Waals surface area contributed by atoms with E-state index < -0.39 is 5.91 Å². The van der Waals surface area contributed by atoms with E-state index in [1.165, 1.54) is 16.8 Å². The summed E-state index contributed by atoms with van der Waals surface area (Å²) in [5, 5.41) is 4.00. The van der Waals surface area contributed by atoms with Crippen molar-refractivity contribution in [3.8, 4) is 11.5 Å². The molecule has 7 nitrogen and oxygen atoms in total. The van der Waals surface area contributed by atoms with Gasteiger partial charge in [-0.05, 0) is 36.8 Å². The van der Waals surface area contributed by atoms with Crippen LogP contribution in [0.25, 0.3) is 0 Å². The molecule has 30 heavy (non-hydrogen) atoms. The van der Waals surface area contributed by atoms with Crippen LogP contribution in [0, 0.1) is 0 Å². The normalized spacial score (nSPS) is 10.7. The second-order valence-electron chi connectivity index (χ2n) is 6.37. The van der Waals surface area contributed by atoms with Gasteiger partial charge in [0.05, 0.1) is 13.3 Å². The fourth-order valence-corrected chi connectivity index (χ4v) is 2.86. The van der Waals surface area contributed by atoms with Gasteiger partial charge < -0.3 is 14.0 Å². The summed E-state index contributed by atoms with van der Waals surface area (Å²) in [5.74, 6) is 0.485. The Bertz CT molecular complexity index is 1090. The molecule has 1 amide bonds. The van der Waals surface area contributed by atoms with Crippen molar-refractivity contribution in [2.24, 2.45) is 5.10 Å². The average Bonchev–Trinajstić information content (AvgIpc) is 2.78. The molecule has 3 aromatic rings. The van der Waals surface area contributed by atoms with Crippen LogP contribution in [0.4, 0.5) is 0 Å². The van der Waals surface area contributed by atoms with E-state index in [0.717, 1.165) is 5.56 Å². The highest BCUT2D eigenvalue weighted by molar-refractivity contribution is 5.94. The number of para-hydroxylation sites is 1. The second kappa shape index (κ2) is 10.1. The lowest BCUT2D eigenvalue weighted by atomic mass is 10.2. The van der Waals surface area contributed by atoms with Crippen molar-refractivity contribution in [1.82, 2.24) is 9.99 Å². The molecule has 7 heteroatoms. The van der Waals surface area contributed by atoms with Crippen LogP contribution in [0.3, 0.4) is 0 Å². The standard InChI is InChI=1S/C23H23N3O4/c1-3-26-14-8-12-19(23(26)28)22(27)25-24-15-18-11-7-13-20(29-2)21(18)30-16-17-9-5-4-6-10-17/h4-15H,3,16H2,1-2H3,(H,25,27)/b24-15-. The number of hydrogen-bond acceptors (Lipinski definition) is 5. The number of benzene rings is 2. The number of carbonyl (C=O) groups excluding carboxylic acids is 1. The third-order valence-corrected chi connectivity index (χ3v) is 4.43. The summed E-state index contributed by atoms with van der Waals surface area (Å²) in [5.41, 5.74) is 3.71. The van der Waals surface area contributed by atoms with Gasteiger partial charge in [0, 0.05) is 18.3 Å². The molecular weight excluding hydrogens is 382 g/mol. The number of amides is 1. The molecule has 0 atom stereocenters. The van der Waals surface area contributed by atoms with Gasteiger partial charge in [0.25, 0.3) is 11.5 Å². The summed E-state index contributed by atoms with van der Waals surface area (Å²) < 4.78 is 12.8. The maximum absolute atomic E-state index is 12.3. The summed E-state index contributed by atoms with van der Waals surface area (Å²) in [6.07, 6.45) is 3.09. The number of aryl methyl sites for hydroxylation is 1. The second-order valence-corrected chi connectivity index (χ2v) is 6.37. The zero-order chi connectivity index (χ0) is 21.3. The third kappa shape index (κ3) is 4.94. The molecule has 0 saturated heterocycles. The lowest BCUT2D eigenvalue weighted by Gasteiger charge is -2.13. The number of carbonyl (C=O) groups is 1. The number of nitrogens with one attached hydrogen (secondary N) is 1. The van der Waals surface area contributed by atoms with Crippen molar-refractivity contribution >= 4 is 12.1 Å². The van der Waals surface area contributed by atoms with Crippen LogP contribution in [0.1, 0.15) is 28.4 Å². The molecule has 2 aromatic carbocycles. The van der Waals surface area contributed by atoms with Crippen LogP contribution in [0.5, 0.6) is 11.5 Å². The van der Waals surface area contributed by atoms with Crippen molar-refractivity contribution in [3.05, 3.63) is 93.9 Å². The Balaban J connectivity index is 1.76. The lowest BCUT2D eigenvalue weighted by Crippen LogP contribution is -2.30. The SMILES string of the molecule is CCn1cccc(C(=O)N/N=C\c2cccc(OC)c2OCc2ccccc2)c1=O. The molecule has 0 saturated carbocycles. The maximum atomic E-state index is 12.3. The predicted octanol–water partition coefficient (Wildman–Crippen LogP) is 3.22. The van der Waals surface area contributed by atoms with Crippen LogP contribution in [-0.2, 0) is 13.2 Å². The summed E-state index contributed by atoms with van der Waals surface area (Å²) in [6.45, 7) is 2.67. The van der Waals surface area contributed by atoms with Crippen molar-refractivity contribution < 1.29 is 14.3 Å². The Morgan fingerprint density at radius 1 is 1.10 bits per heavy atom. The third-order valence-electron chi connectivity index (χ3n) is 4.43. The number of rotatable bonds is 8. The number of ether oxygens (including phenoxy) is 2. The highest BCUT2D eigenvalue weighted by Gasteiger charge is 2.12. The zero-order valence-corrected chi connectivity index (χ0v) is 16.9. The Labute approximate surface area is 174 Å². The molecule has 1 N–H and O–H groups in total. The molecule has 0 aliphatic heterocycles. The largest absolute Gasteiger partial charge is 0.493 e. The fraction of sp³-hybridized carbons (Fsp3) is 0.174. The van der Waals surface area contributed by atoms with E-state index in [1.807, 2.05) is 37.3 Å². The van der Waals surface area contributed by atoms with Crippen LogP contribution in [0.2, 0.25) is 0 Å². The van der Waals surface area contributed by atoms with E-state index in [2.05, 4.69) is 10.5 Å². The molecule has 0 aliphatic rings. The number of hydrazone groups is 1. The van der Waals surface area contributed by atoms with Gasteiger partial charge in [0.2, 0.25) is 0 Å². The van der Waals surface area contributed by atoms with Gasteiger partial charge >= 0.3 is 0 Å². The van der Waals surface area contributed by atoms with Gasteiger partial charge in [-0.15, -0.1) is 0 Å². The molecule has 154 valence electrons. The van der Waals surface area contributed by atoms with Gasteiger partial charge in [-0.3, -0.25) is 9.59 Å². The molecule has 1 aromatic heterocycles. The molecule has 0 bridgehead atoms. The topological polar surface area (TPSA) is 81.9 Å². The zero-order valence-electron chi connectivity index (χ0n) is 16.9. The molecule has 0 fully saturated rings. The van der Waals surface area contributed by atoms with Crippen LogP contribution < -0.4 is 20.5 Å². The predicted molar refractivity (Wildman–Crippen MR) is 115 cm³/mol. The van der Waals surface area contributed by atoms with Crippen molar-refractivity contribution in [2.45, 2.75) is 20.1 Å². The fourth-order valence-electron chi connectivity index (χ4n) is 2.86. The smallest absolute Gasteiger partial charge is 0.276 e. The van der Waals surface area contributed by atoms with Crippen LogP contribution in [-0.4, -0.2) is 23.8 Å². The van der Waals surface area contributed by atoms with E-state index in [0.29, 0.717) is 30.2 Å². The molecule has 0 spiro atoms. The van der Waals surface area contributed by atoms with Gasteiger partial charge in [-0.2, -0.15) is 5.10 Å². The Morgan fingerprint density at radius 2 is 1.90 bits per heavy atom. The molecular formula is C23H23N3O4. The minimum Gasteiger partial charge on any atom is -0.493 e. The maximum Gasteiger partial charge on any atom is 0.276 e. The monoisotopic (exact) mass is 405 g/mol. The average molecular weight is 405 g/mol. The molecule has 0 unspecified atom stereocenters. The van der Waals surface area contributed by atoms with Crippen molar-refractivity contribution in [3.63, 3.8) is 0 Å².